The van der Waals surface area contributed by atoms with Gasteiger partial charge in [-0.05, 0) is 48.0 Å². The van der Waals surface area contributed by atoms with Gasteiger partial charge in [-0.3, -0.25) is 14.7 Å². The van der Waals surface area contributed by atoms with Crippen molar-refractivity contribution < 1.29 is 14.4 Å². The van der Waals surface area contributed by atoms with Crippen LogP contribution in [0.25, 0.3) is 16.7 Å². The number of aromatic nitrogens is 2. The van der Waals surface area contributed by atoms with Gasteiger partial charge in [-0.2, -0.15) is 0 Å². The van der Waals surface area contributed by atoms with Crippen molar-refractivity contribution in [3.63, 3.8) is 0 Å². The van der Waals surface area contributed by atoms with E-state index in [1.54, 1.807) is 24.9 Å². The molecule has 0 fully saturated rings. The Morgan fingerprint density at radius 3 is 2.49 bits per heavy atom. The Balaban J connectivity index is 1.49. The highest BCUT2D eigenvalue weighted by Gasteiger charge is 2.18. The highest BCUT2D eigenvalue weighted by atomic mass is 32.2. The Labute approximate surface area is 206 Å². The number of benzene rings is 4. The Morgan fingerprint density at radius 2 is 1.69 bits per heavy atom. The van der Waals surface area contributed by atoms with Gasteiger partial charge in [0.2, 0.25) is 0 Å². The van der Waals surface area contributed by atoms with Crippen LogP contribution in [-0.4, -0.2) is 21.6 Å². The van der Waals surface area contributed by atoms with Crippen LogP contribution in [0.1, 0.15) is 5.56 Å². The van der Waals surface area contributed by atoms with Crippen LogP contribution in [0.4, 0.5) is 5.69 Å². The summed E-state index contributed by atoms with van der Waals surface area (Å²) in [6.45, 7) is 0. The number of para-hydroxylation sites is 3. The summed E-state index contributed by atoms with van der Waals surface area (Å²) >= 11 is 1.54. The molecular weight excluding hydrogens is 462 g/mol. The Morgan fingerprint density at radius 1 is 0.914 bits per heavy atom. The molecule has 8 heteroatoms. The second-order valence-electron chi connectivity index (χ2n) is 7.68. The number of hydrogen-bond acceptors (Lipinski definition) is 6. The van der Waals surface area contributed by atoms with Gasteiger partial charge < -0.3 is 9.47 Å². The number of non-ortho nitro benzene ring substituents is 1. The van der Waals surface area contributed by atoms with Gasteiger partial charge in [0.25, 0.3) is 5.69 Å². The highest BCUT2D eigenvalue weighted by Crippen LogP contribution is 2.35. The van der Waals surface area contributed by atoms with Crippen LogP contribution in [-0.2, 0) is 5.75 Å². The van der Waals surface area contributed by atoms with E-state index in [0.29, 0.717) is 22.2 Å². The zero-order chi connectivity index (χ0) is 24.2. The molecule has 0 radical (unpaired) electrons. The van der Waals surface area contributed by atoms with E-state index in [0.717, 1.165) is 28.3 Å². The van der Waals surface area contributed by atoms with Gasteiger partial charge in [-0.15, -0.1) is 0 Å². The minimum Gasteiger partial charge on any atom is -0.495 e. The summed E-state index contributed by atoms with van der Waals surface area (Å²) in [7, 11) is 1.62. The van der Waals surface area contributed by atoms with Crippen LogP contribution in [0.15, 0.2) is 102 Å². The molecule has 0 saturated carbocycles. The van der Waals surface area contributed by atoms with Crippen molar-refractivity contribution in [1.29, 1.82) is 0 Å². The van der Waals surface area contributed by atoms with Crippen LogP contribution in [0.3, 0.4) is 0 Å². The van der Waals surface area contributed by atoms with Crippen molar-refractivity contribution in [2.24, 2.45) is 0 Å². The molecule has 0 aliphatic rings. The monoisotopic (exact) mass is 483 g/mol. The van der Waals surface area contributed by atoms with E-state index >= 15 is 0 Å². The fraction of sp³-hybridized carbons (Fsp3) is 0.0741. The fourth-order valence-corrected chi connectivity index (χ4v) is 4.74. The molecule has 35 heavy (non-hydrogen) atoms. The van der Waals surface area contributed by atoms with Crippen LogP contribution in [0, 0.1) is 10.1 Å². The number of hydrogen-bond donors (Lipinski definition) is 0. The summed E-state index contributed by atoms with van der Waals surface area (Å²) < 4.78 is 13.5. The van der Waals surface area contributed by atoms with E-state index in [1.165, 1.54) is 12.1 Å². The smallest absolute Gasteiger partial charge is 0.271 e. The number of nitro groups is 1. The van der Waals surface area contributed by atoms with Gasteiger partial charge in [-0.1, -0.05) is 54.2 Å². The molecule has 1 aromatic heterocycles. The molecule has 0 unspecified atom stereocenters. The maximum Gasteiger partial charge on any atom is 0.271 e. The van der Waals surface area contributed by atoms with Crippen molar-refractivity contribution >= 4 is 28.5 Å². The van der Waals surface area contributed by atoms with E-state index in [9.17, 15) is 10.1 Å². The highest BCUT2D eigenvalue weighted by molar-refractivity contribution is 7.98. The quantitative estimate of drug-likeness (QED) is 0.134. The molecular formula is C27H21N3O4S. The summed E-state index contributed by atoms with van der Waals surface area (Å²) in [6, 6.07) is 29.9. The molecule has 4 aromatic carbocycles. The number of thioether (sulfide) groups is 1. The van der Waals surface area contributed by atoms with Crippen LogP contribution in [0.5, 0.6) is 17.2 Å². The molecule has 0 amide bonds. The zero-order valence-electron chi connectivity index (χ0n) is 18.8. The van der Waals surface area contributed by atoms with Crippen LogP contribution in [0.2, 0.25) is 0 Å². The Hall–Kier alpha value is -4.30. The third-order valence-corrected chi connectivity index (χ3v) is 6.40. The number of nitro benzene ring substituents is 1. The molecule has 1 heterocycles. The predicted octanol–water partition coefficient (Wildman–Crippen LogP) is 7.03. The van der Waals surface area contributed by atoms with Crippen LogP contribution < -0.4 is 9.47 Å². The first-order valence-electron chi connectivity index (χ1n) is 10.9. The molecule has 5 rings (SSSR count). The maximum atomic E-state index is 11.3. The molecule has 7 nitrogen and oxygen atoms in total. The first-order valence-corrected chi connectivity index (χ1v) is 11.9. The summed E-state index contributed by atoms with van der Waals surface area (Å²) in [5.41, 5.74) is 3.20. The lowest BCUT2D eigenvalue weighted by Crippen LogP contribution is -2.00. The predicted molar refractivity (Wildman–Crippen MR) is 137 cm³/mol. The first kappa shape index (κ1) is 22.5. The maximum absolute atomic E-state index is 11.3. The molecule has 0 saturated heterocycles. The molecule has 0 atom stereocenters. The lowest BCUT2D eigenvalue weighted by molar-refractivity contribution is -0.384. The zero-order valence-corrected chi connectivity index (χ0v) is 19.6. The summed E-state index contributed by atoms with van der Waals surface area (Å²) in [4.78, 5) is 15.7. The lowest BCUT2D eigenvalue weighted by Gasteiger charge is -2.13. The van der Waals surface area contributed by atoms with E-state index in [1.807, 2.05) is 83.4 Å². The summed E-state index contributed by atoms with van der Waals surface area (Å²) in [5, 5.41) is 12.0. The fourth-order valence-electron chi connectivity index (χ4n) is 3.78. The summed E-state index contributed by atoms with van der Waals surface area (Å²) in [6.07, 6.45) is 0. The van der Waals surface area contributed by atoms with Crippen molar-refractivity contribution in [2.45, 2.75) is 10.9 Å². The SMILES string of the molecule is COc1ccccc1-n1c(SCc2cccc(Oc3ccccc3)c2)nc2cc([N+](=O)[O-])ccc21. The van der Waals surface area contributed by atoms with Gasteiger partial charge in [-0.25, -0.2) is 4.98 Å². The average molecular weight is 484 g/mol. The van der Waals surface area contributed by atoms with Crippen molar-refractivity contribution in [1.82, 2.24) is 9.55 Å². The normalized spacial score (nSPS) is 10.9. The largest absolute Gasteiger partial charge is 0.495 e. The first-order chi connectivity index (χ1) is 17.1. The van der Waals surface area contributed by atoms with Gasteiger partial charge in [0, 0.05) is 17.9 Å². The standard InChI is InChI=1S/C27H21N3O4S/c1-33-26-13-6-5-12-25(26)29-24-15-14-20(30(31)32)17-23(24)28-27(29)35-18-19-8-7-11-22(16-19)34-21-9-3-2-4-10-21/h2-17H,18H2,1H3. The molecule has 0 bridgehead atoms. The second-order valence-corrected chi connectivity index (χ2v) is 8.63. The van der Waals surface area contributed by atoms with Gasteiger partial charge in [0.1, 0.15) is 17.2 Å². The second kappa shape index (κ2) is 9.90. The van der Waals surface area contributed by atoms with E-state index in [2.05, 4.69) is 0 Å². The van der Waals surface area contributed by atoms with E-state index in [-0.39, 0.29) is 5.69 Å². The van der Waals surface area contributed by atoms with E-state index < -0.39 is 4.92 Å². The van der Waals surface area contributed by atoms with Crippen molar-refractivity contribution in [3.05, 3.63) is 113 Å². The van der Waals surface area contributed by atoms with Crippen molar-refractivity contribution in [3.8, 4) is 22.9 Å². The molecule has 0 aliphatic heterocycles. The minimum atomic E-state index is -0.410. The number of ether oxygens (including phenoxy) is 2. The van der Waals surface area contributed by atoms with Crippen LogP contribution >= 0.6 is 11.8 Å². The number of rotatable bonds is 8. The third kappa shape index (κ3) is 4.83. The van der Waals surface area contributed by atoms with Crippen molar-refractivity contribution in [2.75, 3.05) is 7.11 Å². The Kier molecular flexibility index (Phi) is 6.36. The van der Waals surface area contributed by atoms with E-state index in [4.69, 9.17) is 14.5 Å². The molecule has 174 valence electrons. The topological polar surface area (TPSA) is 79.4 Å². The molecule has 0 spiro atoms. The number of methoxy groups -OCH3 is 1. The van der Waals surface area contributed by atoms with Gasteiger partial charge in [0.05, 0.1) is 28.8 Å². The third-order valence-electron chi connectivity index (χ3n) is 5.39. The van der Waals surface area contributed by atoms with Gasteiger partial charge in [0.15, 0.2) is 5.16 Å². The lowest BCUT2D eigenvalue weighted by atomic mass is 10.2. The molecule has 0 N–H and O–H groups in total. The number of imidazole rings is 1. The number of nitrogens with zero attached hydrogens (tertiary/aromatic N) is 3. The number of fused-ring (bicyclic) bond motifs is 1. The average Bonchev–Trinajstić information content (AvgIpc) is 3.25. The van der Waals surface area contributed by atoms with Gasteiger partial charge >= 0.3 is 0 Å². The summed E-state index contributed by atoms with van der Waals surface area (Å²) in [5.74, 6) is 2.84. The molecule has 0 aliphatic carbocycles. The minimum absolute atomic E-state index is 0.00416. The Bertz CT molecular complexity index is 1500. The molecule has 5 aromatic rings.